The van der Waals surface area contributed by atoms with Crippen LogP contribution in [0.2, 0.25) is 0 Å². The van der Waals surface area contributed by atoms with E-state index in [0.717, 1.165) is 6.07 Å². The molecule has 0 radical (unpaired) electrons. The minimum absolute atomic E-state index is 0.0616. The monoisotopic (exact) mass is 420 g/mol. The average Bonchev–Trinajstić information content (AvgIpc) is 2.79. The highest BCUT2D eigenvalue weighted by Crippen LogP contribution is 2.30. The molecule has 1 atom stereocenters. The van der Waals surface area contributed by atoms with Crippen molar-refractivity contribution in [2.45, 2.75) is 19.9 Å². The fourth-order valence-electron chi connectivity index (χ4n) is 4.19. The molecule has 0 bridgehead atoms. The minimum Gasteiger partial charge on any atom is -0.336 e. The van der Waals surface area contributed by atoms with Gasteiger partial charge >= 0.3 is 0 Å². The largest absolute Gasteiger partial charge is 0.336 e. The lowest BCUT2D eigenvalue weighted by atomic mass is 9.95. The topological polar surface area (TPSA) is 23.6 Å². The van der Waals surface area contributed by atoms with Gasteiger partial charge in [-0.1, -0.05) is 66.2 Å². The first-order valence-electron chi connectivity index (χ1n) is 10.5. The van der Waals surface area contributed by atoms with Crippen molar-refractivity contribution < 1.29 is 13.6 Å². The van der Waals surface area contributed by atoms with Gasteiger partial charge < -0.3 is 4.90 Å². The molecule has 1 unspecified atom stereocenters. The van der Waals surface area contributed by atoms with Crippen LogP contribution in [0.5, 0.6) is 0 Å². The maximum absolute atomic E-state index is 14.5. The Kier molecular flexibility index (Phi) is 6.14. The van der Waals surface area contributed by atoms with Crippen molar-refractivity contribution in [1.29, 1.82) is 0 Å². The number of hydrogen-bond donors (Lipinski definition) is 0. The van der Waals surface area contributed by atoms with Gasteiger partial charge in [0.2, 0.25) is 0 Å². The standard InChI is InChI=1S/C26H26F2N2O/c1-18-8-11-21(12-9-18)25(20-6-4-3-5-7-20)29-14-16-30(17-15-29)26(31)23-22(27)13-10-19(2)24(23)28/h3-13,25H,14-17H2,1-2H3. The lowest BCUT2D eigenvalue weighted by Crippen LogP contribution is -2.50. The van der Waals surface area contributed by atoms with Crippen LogP contribution in [0.4, 0.5) is 8.78 Å². The Morgan fingerprint density at radius 2 is 1.42 bits per heavy atom. The predicted molar refractivity (Wildman–Crippen MR) is 118 cm³/mol. The van der Waals surface area contributed by atoms with Gasteiger partial charge in [-0.3, -0.25) is 9.69 Å². The average molecular weight is 421 g/mol. The first-order chi connectivity index (χ1) is 15.0. The Balaban J connectivity index is 1.55. The third-order valence-electron chi connectivity index (χ3n) is 5.97. The van der Waals surface area contributed by atoms with Crippen LogP contribution in [-0.4, -0.2) is 41.9 Å². The maximum Gasteiger partial charge on any atom is 0.259 e. The first kappa shape index (κ1) is 21.2. The van der Waals surface area contributed by atoms with E-state index < -0.39 is 23.1 Å². The molecule has 3 aromatic rings. The molecule has 0 saturated carbocycles. The second kappa shape index (κ2) is 8.98. The van der Waals surface area contributed by atoms with E-state index in [1.807, 2.05) is 18.2 Å². The second-order valence-corrected chi connectivity index (χ2v) is 8.11. The summed E-state index contributed by atoms with van der Waals surface area (Å²) in [6.07, 6.45) is 0. The molecule has 0 aliphatic carbocycles. The molecule has 0 N–H and O–H groups in total. The summed E-state index contributed by atoms with van der Waals surface area (Å²) in [7, 11) is 0. The molecule has 3 nitrogen and oxygen atoms in total. The summed E-state index contributed by atoms with van der Waals surface area (Å²) in [5.41, 5.74) is 3.39. The molecule has 1 aliphatic rings. The van der Waals surface area contributed by atoms with Crippen LogP contribution in [0.3, 0.4) is 0 Å². The van der Waals surface area contributed by atoms with Crippen LogP contribution < -0.4 is 0 Å². The molecule has 3 aromatic carbocycles. The number of benzene rings is 3. The fraction of sp³-hybridized carbons (Fsp3) is 0.269. The van der Waals surface area contributed by atoms with Crippen molar-refractivity contribution in [3.63, 3.8) is 0 Å². The van der Waals surface area contributed by atoms with Crippen molar-refractivity contribution in [1.82, 2.24) is 9.80 Å². The van der Waals surface area contributed by atoms with E-state index in [0.29, 0.717) is 26.2 Å². The summed E-state index contributed by atoms with van der Waals surface area (Å²) in [6, 6.07) is 21.3. The molecule has 160 valence electrons. The number of carbonyl (C=O) groups is 1. The van der Waals surface area contributed by atoms with E-state index in [1.165, 1.54) is 29.7 Å². The van der Waals surface area contributed by atoms with Crippen molar-refractivity contribution in [3.05, 3.63) is 106 Å². The van der Waals surface area contributed by atoms with Gasteiger partial charge in [0, 0.05) is 26.2 Å². The van der Waals surface area contributed by atoms with Gasteiger partial charge in [-0.25, -0.2) is 8.78 Å². The number of carbonyl (C=O) groups excluding carboxylic acids is 1. The van der Waals surface area contributed by atoms with E-state index in [9.17, 15) is 13.6 Å². The molecule has 4 rings (SSSR count). The molecule has 1 aliphatic heterocycles. The number of piperazine rings is 1. The summed E-state index contributed by atoms with van der Waals surface area (Å²) in [5, 5.41) is 0. The van der Waals surface area contributed by atoms with E-state index >= 15 is 0 Å². The Morgan fingerprint density at radius 1 is 0.806 bits per heavy atom. The third-order valence-corrected chi connectivity index (χ3v) is 5.97. The molecule has 0 aromatic heterocycles. The van der Waals surface area contributed by atoms with Gasteiger partial charge in [-0.05, 0) is 36.6 Å². The van der Waals surface area contributed by atoms with Crippen LogP contribution in [0, 0.1) is 25.5 Å². The van der Waals surface area contributed by atoms with Gasteiger partial charge in [0.1, 0.15) is 17.2 Å². The molecule has 1 saturated heterocycles. The van der Waals surface area contributed by atoms with Crippen molar-refractivity contribution in [2.24, 2.45) is 0 Å². The highest BCUT2D eigenvalue weighted by atomic mass is 19.1. The number of aryl methyl sites for hydroxylation is 2. The Bertz CT molecular complexity index is 1060. The third kappa shape index (κ3) is 4.37. The summed E-state index contributed by atoms with van der Waals surface area (Å²) < 4.78 is 28.7. The Hall–Kier alpha value is -3.05. The van der Waals surface area contributed by atoms with Crippen LogP contribution in [-0.2, 0) is 0 Å². The van der Waals surface area contributed by atoms with Gasteiger partial charge in [0.15, 0.2) is 0 Å². The maximum atomic E-state index is 14.5. The summed E-state index contributed by atoms with van der Waals surface area (Å²) in [5.74, 6) is -2.16. The highest BCUT2D eigenvalue weighted by molar-refractivity contribution is 5.95. The molecule has 1 fully saturated rings. The molecular weight excluding hydrogens is 394 g/mol. The molecule has 0 spiro atoms. The lowest BCUT2D eigenvalue weighted by Gasteiger charge is -2.40. The Morgan fingerprint density at radius 3 is 2.06 bits per heavy atom. The quantitative estimate of drug-likeness (QED) is 0.584. The van der Waals surface area contributed by atoms with Gasteiger partial charge in [0.25, 0.3) is 5.91 Å². The Labute approximate surface area is 181 Å². The lowest BCUT2D eigenvalue weighted by molar-refractivity contribution is 0.0588. The van der Waals surface area contributed by atoms with Crippen molar-refractivity contribution >= 4 is 5.91 Å². The molecule has 1 heterocycles. The first-order valence-corrected chi connectivity index (χ1v) is 10.5. The zero-order chi connectivity index (χ0) is 22.0. The molecule has 31 heavy (non-hydrogen) atoms. The van der Waals surface area contributed by atoms with Gasteiger partial charge in [-0.2, -0.15) is 0 Å². The summed E-state index contributed by atoms with van der Waals surface area (Å²) in [6.45, 7) is 5.68. The normalized spacial score (nSPS) is 15.7. The molecule has 1 amide bonds. The number of hydrogen-bond acceptors (Lipinski definition) is 2. The number of amides is 1. The van der Waals surface area contributed by atoms with Crippen LogP contribution >= 0.6 is 0 Å². The van der Waals surface area contributed by atoms with E-state index in [2.05, 4.69) is 48.2 Å². The number of nitrogens with zero attached hydrogens (tertiary/aromatic N) is 2. The molecule has 5 heteroatoms. The van der Waals surface area contributed by atoms with E-state index in [-0.39, 0.29) is 11.6 Å². The van der Waals surface area contributed by atoms with Gasteiger partial charge in [-0.15, -0.1) is 0 Å². The summed E-state index contributed by atoms with van der Waals surface area (Å²) in [4.78, 5) is 16.8. The minimum atomic E-state index is -0.808. The smallest absolute Gasteiger partial charge is 0.259 e. The number of rotatable bonds is 4. The van der Waals surface area contributed by atoms with Crippen molar-refractivity contribution in [2.75, 3.05) is 26.2 Å². The second-order valence-electron chi connectivity index (χ2n) is 8.11. The highest BCUT2D eigenvalue weighted by Gasteiger charge is 2.31. The zero-order valence-electron chi connectivity index (χ0n) is 17.8. The SMILES string of the molecule is Cc1ccc(C(c2ccccc2)N2CCN(C(=O)c3c(F)ccc(C)c3F)CC2)cc1. The van der Waals surface area contributed by atoms with Crippen molar-refractivity contribution in [3.8, 4) is 0 Å². The van der Waals surface area contributed by atoms with E-state index in [1.54, 1.807) is 4.90 Å². The predicted octanol–water partition coefficient (Wildman–Crippen LogP) is 5.13. The van der Waals surface area contributed by atoms with Crippen LogP contribution in [0.15, 0.2) is 66.7 Å². The molecular formula is C26H26F2N2O. The van der Waals surface area contributed by atoms with Gasteiger partial charge in [0.05, 0.1) is 6.04 Å². The number of halogens is 2. The summed E-state index contributed by atoms with van der Waals surface area (Å²) >= 11 is 0. The fourth-order valence-corrected chi connectivity index (χ4v) is 4.19. The van der Waals surface area contributed by atoms with Crippen LogP contribution in [0.25, 0.3) is 0 Å². The van der Waals surface area contributed by atoms with E-state index in [4.69, 9.17) is 0 Å². The van der Waals surface area contributed by atoms with Crippen LogP contribution in [0.1, 0.15) is 38.7 Å². The zero-order valence-corrected chi connectivity index (χ0v) is 17.8.